The summed E-state index contributed by atoms with van der Waals surface area (Å²) in [6.07, 6.45) is 0. The van der Waals surface area contributed by atoms with E-state index in [9.17, 15) is 0 Å². The van der Waals surface area contributed by atoms with Crippen molar-refractivity contribution in [1.29, 1.82) is 0 Å². The molecule has 0 saturated heterocycles. The molecule has 0 spiro atoms. The maximum Gasteiger partial charge on any atom is 0.0620 e. The fourth-order valence-electron chi connectivity index (χ4n) is 9.55. The zero-order chi connectivity index (χ0) is 40.1. The minimum atomic E-state index is 1.14. The number of rotatable bonds is 6. The summed E-state index contributed by atoms with van der Waals surface area (Å²) in [5, 5.41) is 10.1. The molecule has 0 bridgehead atoms. The average molecular weight is 760 g/mol. The quantitative estimate of drug-likeness (QED) is 0.167. The first kappa shape index (κ1) is 35.1. The van der Waals surface area contributed by atoms with E-state index < -0.39 is 0 Å². The molecule has 59 heavy (non-hydrogen) atoms. The Hall–Kier alpha value is -7.10. The van der Waals surface area contributed by atoms with E-state index >= 15 is 0 Å². The van der Waals surface area contributed by atoms with Crippen molar-refractivity contribution < 1.29 is 0 Å². The Morgan fingerprint density at radius 2 is 0.712 bits per heavy atom. The van der Waals surface area contributed by atoms with Crippen molar-refractivity contribution in [2.24, 2.45) is 0 Å². The molecule has 0 amide bonds. The van der Waals surface area contributed by atoms with Gasteiger partial charge in [0.05, 0.1) is 16.6 Å². The summed E-state index contributed by atoms with van der Waals surface area (Å²) in [5.74, 6) is 0. The zero-order valence-electron chi connectivity index (χ0n) is 34.4. The third-order valence-electron chi connectivity index (χ3n) is 13.1. The van der Waals surface area contributed by atoms with E-state index in [2.05, 4.69) is 220 Å². The van der Waals surface area contributed by atoms with E-state index in [4.69, 9.17) is 0 Å². The third-order valence-corrected chi connectivity index (χ3v) is 13.1. The second kappa shape index (κ2) is 13.2. The summed E-state index contributed by atoms with van der Waals surface area (Å²) in [4.78, 5) is 4.79. The Morgan fingerprint density at radius 3 is 1.12 bits per heavy atom. The molecule has 0 unspecified atom stereocenters. The third kappa shape index (κ3) is 5.49. The van der Waals surface area contributed by atoms with Crippen molar-refractivity contribution in [2.75, 3.05) is 9.80 Å². The first-order valence-corrected chi connectivity index (χ1v) is 20.7. The Kier molecular flexibility index (Phi) is 7.87. The standard InChI is InChI=1S/C56H45N3/c1-34-24-48(25-35(2)38(34)5)57(44-14-9-7-10-15-44)46-22-20-40-30-52-50-18-13-19-51-53-31-41-21-23-47(29-43(41)33-55(53)59(56(50)51)54(52)32-42(40)28-46)58(45-16-11-8-12-17-45)49-26-36(3)39(6)37(4)27-49/h7-33H,1-6H3. The van der Waals surface area contributed by atoms with Crippen LogP contribution in [0.3, 0.4) is 0 Å². The van der Waals surface area contributed by atoms with Crippen molar-refractivity contribution >= 4 is 93.8 Å². The largest absolute Gasteiger partial charge is 0.310 e. The van der Waals surface area contributed by atoms with Gasteiger partial charge in [0.25, 0.3) is 0 Å². The van der Waals surface area contributed by atoms with Crippen LogP contribution in [-0.4, -0.2) is 4.40 Å². The summed E-state index contributed by atoms with van der Waals surface area (Å²) in [5.41, 5.74) is 18.6. The lowest BCUT2D eigenvalue weighted by molar-refractivity contribution is 1.22. The van der Waals surface area contributed by atoms with E-state index in [1.54, 1.807) is 0 Å². The highest BCUT2D eigenvalue weighted by molar-refractivity contribution is 6.26. The molecule has 2 aromatic heterocycles. The molecule has 9 aromatic carbocycles. The molecule has 3 nitrogen and oxygen atoms in total. The van der Waals surface area contributed by atoms with Gasteiger partial charge >= 0.3 is 0 Å². The van der Waals surface area contributed by atoms with Crippen molar-refractivity contribution in [2.45, 2.75) is 41.5 Å². The van der Waals surface area contributed by atoms with E-state index in [1.165, 1.54) is 104 Å². The van der Waals surface area contributed by atoms with Gasteiger partial charge in [-0.15, -0.1) is 0 Å². The normalized spacial score (nSPS) is 11.9. The van der Waals surface area contributed by atoms with Crippen LogP contribution in [0.15, 0.2) is 164 Å². The van der Waals surface area contributed by atoms with Crippen molar-refractivity contribution in [1.82, 2.24) is 4.40 Å². The number of para-hydroxylation sites is 3. The highest BCUT2D eigenvalue weighted by Crippen LogP contribution is 2.44. The Bertz CT molecular complexity index is 3180. The van der Waals surface area contributed by atoms with E-state index in [0.717, 1.165) is 22.7 Å². The maximum absolute atomic E-state index is 2.52. The van der Waals surface area contributed by atoms with Gasteiger partial charge in [-0.05, 0) is 194 Å². The molecular weight excluding hydrogens is 715 g/mol. The van der Waals surface area contributed by atoms with Gasteiger partial charge in [-0.2, -0.15) is 0 Å². The SMILES string of the molecule is Cc1cc(N(c2ccccc2)c2ccc3cc4c5cccc6c7cc8ccc(N(c9ccccc9)c9cc(C)c(C)c(C)c9)cc8cc7n(c4cc3c2)c56)cc(C)c1C. The molecule has 284 valence electrons. The van der Waals surface area contributed by atoms with Gasteiger partial charge in [0.1, 0.15) is 0 Å². The summed E-state index contributed by atoms with van der Waals surface area (Å²) in [6.45, 7) is 13.3. The molecule has 0 N–H and O–H groups in total. The first-order chi connectivity index (χ1) is 28.7. The minimum Gasteiger partial charge on any atom is -0.310 e. The first-order valence-electron chi connectivity index (χ1n) is 20.7. The molecule has 0 fully saturated rings. The fraction of sp³-hybridized carbons (Fsp3) is 0.107. The molecule has 3 heteroatoms. The molecule has 11 rings (SSSR count). The van der Waals surface area contributed by atoms with Crippen molar-refractivity contribution in [3.05, 3.63) is 197 Å². The predicted octanol–water partition coefficient (Wildman–Crippen LogP) is 15.9. The van der Waals surface area contributed by atoms with Crippen LogP contribution >= 0.6 is 0 Å². The summed E-state index contributed by atoms with van der Waals surface area (Å²) in [7, 11) is 0. The Labute approximate surface area is 345 Å². The number of aryl methyl sites for hydroxylation is 4. The van der Waals surface area contributed by atoms with Gasteiger partial charge in [0.2, 0.25) is 0 Å². The summed E-state index contributed by atoms with van der Waals surface area (Å²) >= 11 is 0. The van der Waals surface area contributed by atoms with Gasteiger partial charge in [-0.25, -0.2) is 0 Å². The van der Waals surface area contributed by atoms with Gasteiger partial charge in [-0.3, -0.25) is 0 Å². The number of fused-ring (bicyclic) bond motifs is 8. The molecule has 0 saturated carbocycles. The van der Waals surface area contributed by atoms with Gasteiger partial charge in [0, 0.05) is 55.7 Å². The lowest BCUT2D eigenvalue weighted by atomic mass is 10.0. The van der Waals surface area contributed by atoms with Crippen molar-refractivity contribution in [3.8, 4) is 0 Å². The van der Waals surface area contributed by atoms with Crippen LogP contribution in [0.25, 0.3) is 59.6 Å². The van der Waals surface area contributed by atoms with Crippen LogP contribution in [0.5, 0.6) is 0 Å². The van der Waals surface area contributed by atoms with Crippen LogP contribution < -0.4 is 9.80 Å². The average Bonchev–Trinajstić information content (AvgIpc) is 3.75. The highest BCUT2D eigenvalue weighted by Gasteiger charge is 2.21. The van der Waals surface area contributed by atoms with Crippen LogP contribution in [-0.2, 0) is 0 Å². The molecule has 0 atom stereocenters. The fourth-order valence-corrected chi connectivity index (χ4v) is 9.55. The maximum atomic E-state index is 2.52. The molecule has 2 heterocycles. The van der Waals surface area contributed by atoms with Gasteiger partial charge in [0.15, 0.2) is 0 Å². The molecule has 0 aliphatic rings. The summed E-state index contributed by atoms with van der Waals surface area (Å²) < 4.78 is 2.52. The predicted molar refractivity (Wildman–Crippen MR) is 254 cm³/mol. The molecule has 11 aromatic rings. The smallest absolute Gasteiger partial charge is 0.0620 e. The van der Waals surface area contributed by atoms with Gasteiger partial charge in [-0.1, -0.05) is 66.7 Å². The van der Waals surface area contributed by atoms with Crippen molar-refractivity contribution in [3.63, 3.8) is 0 Å². The van der Waals surface area contributed by atoms with E-state index in [1.807, 2.05) is 0 Å². The van der Waals surface area contributed by atoms with Crippen LogP contribution in [0.4, 0.5) is 34.1 Å². The number of anilines is 6. The lowest BCUT2D eigenvalue weighted by Crippen LogP contribution is -2.10. The Morgan fingerprint density at radius 1 is 0.305 bits per heavy atom. The lowest BCUT2D eigenvalue weighted by Gasteiger charge is -2.27. The van der Waals surface area contributed by atoms with Gasteiger partial charge < -0.3 is 14.2 Å². The zero-order valence-corrected chi connectivity index (χ0v) is 34.4. The number of hydrogen-bond donors (Lipinski definition) is 0. The minimum absolute atomic E-state index is 1.14. The molecule has 0 radical (unpaired) electrons. The van der Waals surface area contributed by atoms with Crippen LogP contribution in [0, 0.1) is 41.5 Å². The summed E-state index contributed by atoms with van der Waals surface area (Å²) in [6, 6.07) is 61.1. The van der Waals surface area contributed by atoms with E-state index in [0.29, 0.717) is 0 Å². The second-order valence-electron chi connectivity index (χ2n) is 16.6. The Balaban J connectivity index is 1.12. The topological polar surface area (TPSA) is 10.9 Å². The van der Waals surface area contributed by atoms with E-state index in [-0.39, 0.29) is 0 Å². The monoisotopic (exact) mass is 759 g/mol. The van der Waals surface area contributed by atoms with Crippen LogP contribution in [0.1, 0.15) is 33.4 Å². The number of nitrogens with zero attached hydrogens (tertiary/aromatic N) is 3. The number of hydrogen-bond acceptors (Lipinski definition) is 2. The molecule has 0 aliphatic carbocycles. The molecular formula is C56H45N3. The number of benzene rings is 9. The highest BCUT2D eigenvalue weighted by atomic mass is 15.1. The molecule has 0 aliphatic heterocycles. The second-order valence-corrected chi connectivity index (χ2v) is 16.6. The number of aromatic nitrogens is 1. The van der Waals surface area contributed by atoms with Crippen LogP contribution in [0.2, 0.25) is 0 Å².